The Balaban J connectivity index is 1.51. The smallest absolute Gasteiger partial charge is 0.409 e. The van der Waals surface area contributed by atoms with Gasteiger partial charge in [-0.2, -0.15) is 0 Å². The van der Waals surface area contributed by atoms with Gasteiger partial charge in [0.1, 0.15) is 13.2 Å². The molecule has 160 valence electrons. The van der Waals surface area contributed by atoms with E-state index in [4.69, 9.17) is 15.3 Å². The van der Waals surface area contributed by atoms with Crippen molar-refractivity contribution in [1.29, 1.82) is 0 Å². The summed E-state index contributed by atoms with van der Waals surface area (Å²) in [5, 5.41) is 0.657. The van der Waals surface area contributed by atoms with Crippen LogP contribution >= 0.6 is 0 Å². The summed E-state index contributed by atoms with van der Waals surface area (Å²) in [5.74, 6) is -1.01. The number of hydrogen-bond acceptors (Lipinski definition) is 7. The molecule has 0 unspecified atom stereocenters. The van der Waals surface area contributed by atoms with E-state index in [1.165, 1.54) is 0 Å². The van der Waals surface area contributed by atoms with Crippen LogP contribution in [0.2, 0.25) is 0 Å². The maximum absolute atomic E-state index is 11.9. The minimum atomic E-state index is -0.928. The highest BCUT2D eigenvalue weighted by Gasteiger charge is 2.34. The molecule has 4 rings (SSSR count). The van der Waals surface area contributed by atoms with Gasteiger partial charge in [-0.15, -0.1) is 5.06 Å². The first-order chi connectivity index (χ1) is 15.0. The molecule has 0 atom stereocenters. The molecule has 2 N–H and O–H groups in total. The molecule has 0 aromatic heterocycles. The van der Waals surface area contributed by atoms with Crippen molar-refractivity contribution in [2.75, 3.05) is 19.8 Å². The van der Waals surface area contributed by atoms with Crippen LogP contribution in [0, 0.1) is 0 Å². The number of rotatable bonds is 6. The summed E-state index contributed by atoms with van der Waals surface area (Å²) < 4.78 is 10.5. The van der Waals surface area contributed by atoms with Gasteiger partial charge in [-0.1, -0.05) is 48.5 Å². The molecule has 1 fully saturated rings. The molecule has 0 radical (unpaired) electrons. The van der Waals surface area contributed by atoms with Crippen molar-refractivity contribution >= 4 is 24.0 Å². The van der Waals surface area contributed by atoms with Gasteiger partial charge in [0.15, 0.2) is 0 Å². The number of ether oxygens (including phenoxy) is 2. The van der Waals surface area contributed by atoms with Crippen molar-refractivity contribution in [3.8, 4) is 11.1 Å². The first-order valence-corrected chi connectivity index (χ1v) is 9.86. The summed E-state index contributed by atoms with van der Waals surface area (Å²) in [7, 11) is 0. The molecule has 9 nitrogen and oxygen atoms in total. The topological polar surface area (TPSA) is 121 Å². The number of aliphatic imine (C=N–C) groups is 1. The molecule has 9 heteroatoms. The summed E-state index contributed by atoms with van der Waals surface area (Å²) >= 11 is 0. The van der Waals surface area contributed by atoms with E-state index in [2.05, 4.69) is 21.9 Å². The lowest BCUT2D eigenvalue weighted by atomic mass is 9.98. The lowest BCUT2D eigenvalue weighted by Crippen LogP contribution is -2.33. The van der Waals surface area contributed by atoms with Gasteiger partial charge in [-0.25, -0.2) is 9.79 Å². The van der Waals surface area contributed by atoms with E-state index in [1.807, 2.05) is 36.4 Å². The van der Waals surface area contributed by atoms with E-state index in [-0.39, 0.29) is 44.6 Å². The second-order valence-corrected chi connectivity index (χ2v) is 7.03. The number of carbonyl (C=O) groups is 3. The molecule has 0 spiro atoms. The molecule has 2 aromatic rings. The fraction of sp³-hybridized carbons (Fsp3) is 0.273. The standard InChI is InChI=1S/C22H21N3O6/c23-21(28)29-12-11-24-22(31-25-19(26)9-10-20(25)27)30-13-18-16-7-3-1-5-14(16)15-6-2-4-8-17(15)18/h1-8,18H,9-13H2,(H2,23,28). The van der Waals surface area contributed by atoms with Crippen LogP contribution in [-0.4, -0.2) is 48.8 Å². The number of amides is 3. The number of nitrogens with zero attached hydrogens (tertiary/aromatic N) is 2. The van der Waals surface area contributed by atoms with Crippen LogP contribution < -0.4 is 5.73 Å². The van der Waals surface area contributed by atoms with Gasteiger partial charge in [0.05, 0.1) is 6.54 Å². The Morgan fingerprint density at radius 2 is 1.55 bits per heavy atom. The van der Waals surface area contributed by atoms with Crippen LogP contribution in [0.25, 0.3) is 11.1 Å². The average Bonchev–Trinajstić information content (AvgIpc) is 3.26. The predicted molar refractivity (Wildman–Crippen MR) is 110 cm³/mol. The zero-order valence-electron chi connectivity index (χ0n) is 16.7. The zero-order chi connectivity index (χ0) is 21.8. The molecular weight excluding hydrogens is 402 g/mol. The maximum Gasteiger partial charge on any atom is 0.409 e. The molecule has 0 bridgehead atoms. The van der Waals surface area contributed by atoms with Crippen molar-refractivity contribution in [1.82, 2.24) is 5.06 Å². The highest BCUT2D eigenvalue weighted by molar-refractivity contribution is 6.01. The number of primary amides is 1. The van der Waals surface area contributed by atoms with Gasteiger partial charge < -0.3 is 20.0 Å². The van der Waals surface area contributed by atoms with E-state index >= 15 is 0 Å². The van der Waals surface area contributed by atoms with Gasteiger partial charge in [0.2, 0.25) is 0 Å². The highest BCUT2D eigenvalue weighted by atomic mass is 16.8. The van der Waals surface area contributed by atoms with E-state index in [9.17, 15) is 14.4 Å². The fourth-order valence-corrected chi connectivity index (χ4v) is 3.71. The van der Waals surface area contributed by atoms with Gasteiger partial charge in [-0.05, 0) is 22.3 Å². The second kappa shape index (κ2) is 8.86. The maximum atomic E-state index is 11.9. The number of benzene rings is 2. The van der Waals surface area contributed by atoms with Gasteiger partial charge in [0, 0.05) is 18.8 Å². The normalized spacial score (nSPS) is 15.6. The third-order valence-corrected chi connectivity index (χ3v) is 5.09. The number of hydroxylamine groups is 2. The van der Waals surface area contributed by atoms with Crippen molar-refractivity contribution < 1.29 is 28.7 Å². The fourth-order valence-electron chi connectivity index (χ4n) is 3.71. The molecule has 3 amide bonds. The Bertz CT molecular complexity index is 990. The molecule has 1 heterocycles. The van der Waals surface area contributed by atoms with Crippen molar-refractivity contribution in [2.24, 2.45) is 10.7 Å². The van der Waals surface area contributed by atoms with Crippen LogP contribution in [0.1, 0.15) is 29.9 Å². The number of imide groups is 1. The molecule has 2 aliphatic rings. The molecule has 31 heavy (non-hydrogen) atoms. The van der Waals surface area contributed by atoms with E-state index in [0.717, 1.165) is 22.3 Å². The summed E-state index contributed by atoms with van der Waals surface area (Å²) in [5.41, 5.74) is 9.41. The first kappa shape index (κ1) is 20.4. The van der Waals surface area contributed by atoms with Crippen LogP contribution in [0.4, 0.5) is 4.79 Å². The summed E-state index contributed by atoms with van der Waals surface area (Å²) in [4.78, 5) is 44.0. The number of hydrogen-bond donors (Lipinski definition) is 1. The van der Waals surface area contributed by atoms with Crippen LogP contribution in [0.5, 0.6) is 0 Å². The highest BCUT2D eigenvalue weighted by Crippen LogP contribution is 2.44. The van der Waals surface area contributed by atoms with E-state index in [0.29, 0.717) is 5.06 Å². The SMILES string of the molecule is NC(=O)OCCN=C(OCC1c2ccccc2-c2ccccc21)ON1C(=O)CCC1=O. The summed E-state index contributed by atoms with van der Waals surface area (Å²) in [6.07, 6.45) is -1.04. The van der Waals surface area contributed by atoms with Gasteiger partial charge in [-0.3, -0.25) is 9.59 Å². The molecule has 1 aliphatic heterocycles. The Hall–Kier alpha value is -3.88. The average molecular weight is 423 g/mol. The largest absolute Gasteiger partial charge is 0.448 e. The first-order valence-electron chi connectivity index (χ1n) is 9.86. The second-order valence-electron chi connectivity index (χ2n) is 7.03. The van der Waals surface area contributed by atoms with Crippen molar-refractivity contribution in [3.63, 3.8) is 0 Å². The molecule has 2 aromatic carbocycles. The Morgan fingerprint density at radius 3 is 2.13 bits per heavy atom. The Morgan fingerprint density at radius 1 is 0.968 bits per heavy atom. The van der Waals surface area contributed by atoms with Crippen molar-refractivity contribution in [3.05, 3.63) is 59.7 Å². The molecular formula is C22H21N3O6. The lowest BCUT2D eigenvalue weighted by Gasteiger charge is -2.19. The zero-order valence-corrected chi connectivity index (χ0v) is 16.7. The number of carbonyl (C=O) groups excluding carboxylic acids is 3. The quantitative estimate of drug-likeness (QED) is 0.330. The molecule has 0 saturated carbocycles. The number of fused-ring (bicyclic) bond motifs is 3. The van der Waals surface area contributed by atoms with E-state index < -0.39 is 17.9 Å². The minimum absolute atomic E-state index is 0.00760. The monoisotopic (exact) mass is 423 g/mol. The lowest BCUT2D eigenvalue weighted by molar-refractivity contribution is -0.171. The van der Waals surface area contributed by atoms with Crippen LogP contribution in [-0.2, 0) is 23.9 Å². The van der Waals surface area contributed by atoms with Crippen LogP contribution in [0.15, 0.2) is 53.5 Å². The Kier molecular flexibility index (Phi) is 5.83. The minimum Gasteiger partial charge on any atom is -0.448 e. The third kappa shape index (κ3) is 4.35. The number of nitrogens with two attached hydrogens (primary N) is 1. The molecule has 1 saturated heterocycles. The molecule has 1 aliphatic carbocycles. The van der Waals surface area contributed by atoms with Crippen molar-refractivity contribution in [2.45, 2.75) is 18.8 Å². The Labute approximate surface area is 178 Å². The summed E-state index contributed by atoms with van der Waals surface area (Å²) in [6, 6.07) is 16.1. The summed E-state index contributed by atoms with van der Waals surface area (Å²) in [6.45, 7) is 0.0780. The predicted octanol–water partition coefficient (Wildman–Crippen LogP) is 2.35. The van der Waals surface area contributed by atoms with Gasteiger partial charge in [0.25, 0.3) is 11.8 Å². The third-order valence-electron chi connectivity index (χ3n) is 5.09. The van der Waals surface area contributed by atoms with Gasteiger partial charge >= 0.3 is 12.2 Å². The van der Waals surface area contributed by atoms with Crippen LogP contribution in [0.3, 0.4) is 0 Å². The van der Waals surface area contributed by atoms with E-state index in [1.54, 1.807) is 0 Å².